The fourth-order valence-corrected chi connectivity index (χ4v) is 3.55. The van der Waals surface area contributed by atoms with Gasteiger partial charge in [-0.15, -0.1) is 0 Å². The fourth-order valence-electron chi connectivity index (χ4n) is 3.55. The van der Waals surface area contributed by atoms with Crippen molar-refractivity contribution in [1.29, 1.82) is 0 Å². The van der Waals surface area contributed by atoms with Gasteiger partial charge in [-0.1, -0.05) is 44.2 Å². The lowest BCUT2D eigenvalue weighted by molar-refractivity contribution is -0.140. The highest BCUT2D eigenvalue weighted by Gasteiger charge is 2.32. The fraction of sp³-hybridized carbons (Fsp3) is 0.375. The van der Waals surface area contributed by atoms with Crippen LogP contribution in [0, 0.1) is 5.92 Å². The second kappa shape index (κ2) is 11.2. The molecule has 0 radical (unpaired) electrons. The van der Waals surface area contributed by atoms with E-state index in [1.165, 1.54) is 0 Å². The van der Waals surface area contributed by atoms with Gasteiger partial charge in [-0.2, -0.15) is 0 Å². The van der Waals surface area contributed by atoms with Crippen molar-refractivity contribution in [2.45, 2.75) is 45.4 Å². The number of alkyl carbamates (subject to hydrolysis) is 1. The summed E-state index contributed by atoms with van der Waals surface area (Å²) in [6, 6.07) is 8.92. The lowest BCUT2D eigenvalue weighted by Gasteiger charge is -2.24. The number of rotatable bonds is 6. The molecular formula is C24H28N4O5. The molecule has 0 spiro atoms. The summed E-state index contributed by atoms with van der Waals surface area (Å²) in [5.41, 5.74) is 2.54. The Balaban J connectivity index is 1.69. The number of carbonyl (C=O) groups is 4. The summed E-state index contributed by atoms with van der Waals surface area (Å²) in [7, 11) is 0. The molecule has 3 amide bonds. The van der Waals surface area contributed by atoms with E-state index in [1.54, 1.807) is 32.3 Å². The summed E-state index contributed by atoms with van der Waals surface area (Å²) in [6.45, 7) is 3.89. The summed E-state index contributed by atoms with van der Waals surface area (Å²) in [5.74, 6) is -2.34. The smallest absolute Gasteiger partial charge is 0.408 e. The lowest BCUT2D eigenvalue weighted by Crippen LogP contribution is -2.56. The highest BCUT2D eigenvalue weighted by molar-refractivity contribution is 6.38. The van der Waals surface area contributed by atoms with E-state index in [4.69, 9.17) is 4.74 Å². The van der Waals surface area contributed by atoms with Crippen LogP contribution in [0.5, 0.6) is 0 Å². The van der Waals surface area contributed by atoms with Crippen LogP contribution >= 0.6 is 0 Å². The predicted octanol–water partition coefficient (Wildman–Crippen LogP) is 1.30. The van der Waals surface area contributed by atoms with Gasteiger partial charge in [0.15, 0.2) is 0 Å². The maximum atomic E-state index is 13.0. The number of carbonyl (C=O) groups excluding carboxylic acids is 4. The topological polar surface area (TPSA) is 126 Å². The van der Waals surface area contributed by atoms with Crippen LogP contribution in [0.2, 0.25) is 0 Å². The molecule has 0 aliphatic carbocycles. The molecule has 0 fully saturated rings. The Hall–Kier alpha value is -3.75. The average molecular weight is 453 g/mol. The Kier molecular flexibility index (Phi) is 8.12. The minimum Gasteiger partial charge on any atom is -0.445 e. The van der Waals surface area contributed by atoms with Gasteiger partial charge in [-0.25, -0.2) is 4.79 Å². The molecule has 33 heavy (non-hydrogen) atoms. The first-order chi connectivity index (χ1) is 15.8. The van der Waals surface area contributed by atoms with E-state index in [1.807, 2.05) is 30.3 Å². The van der Waals surface area contributed by atoms with Crippen LogP contribution in [-0.2, 0) is 38.6 Å². The van der Waals surface area contributed by atoms with Gasteiger partial charge in [0.25, 0.3) is 5.91 Å². The zero-order chi connectivity index (χ0) is 23.8. The number of ketones is 1. The molecule has 2 unspecified atom stereocenters. The van der Waals surface area contributed by atoms with Crippen LogP contribution in [0.4, 0.5) is 4.79 Å². The number of aromatic nitrogens is 1. The van der Waals surface area contributed by atoms with E-state index in [0.29, 0.717) is 13.0 Å². The molecule has 3 rings (SSSR count). The minimum absolute atomic E-state index is 0.0607. The summed E-state index contributed by atoms with van der Waals surface area (Å²) >= 11 is 0. The summed E-state index contributed by atoms with van der Waals surface area (Å²) in [5, 5.41) is 7.80. The van der Waals surface area contributed by atoms with Gasteiger partial charge in [0.05, 0.1) is 0 Å². The van der Waals surface area contributed by atoms with Crippen molar-refractivity contribution in [3.05, 3.63) is 65.5 Å². The first-order valence-electron chi connectivity index (χ1n) is 10.9. The maximum absolute atomic E-state index is 13.0. The number of amides is 3. The van der Waals surface area contributed by atoms with Crippen molar-refractivity contribution in [1.82, 2.24) is 20.9 Å². The van der Waals surface area contributed by atoms with E-state index in [0.717, 1.165) is 16.7 Å². The monoisotopic (exact) mass is 452 g/mol. The van der Waals surface area contributed by atoms with Crippen LogP contribution in [0.3, 0.4) is 0 Å². The summed E-state index contributed by atoms with van der Waals surface area (Å²) in [4.78, 5) is 54.4. The first kappa shape index (κ1) is 23.9. The summed E-state index contributed by atoms with van der Waals surface area (Å²) < 4.78 is 5.22. The third-order valence-corrected chi connectivity index (χ3v) is 5.40. The molecular weight excluding hydrogens is 424 g/mol. The van der Waals surface area contributed by atoms with Gasteiger partial charge in [0, 0.05) is 25.4 Å². The second-order valence-corrected chi connectivity index (χ2v) is 8.21. The first-order valence-corrected chi connectivity index (χ1v) is 10.9. The van der Waals surface area contributed by atoms with Crippen molar-refractivity contribution >= 4 is 23.7 Å². The standard InChI is InChI=1S/C24H28N4O5/c1-15(2)20(28-24(32)33-14-16-6-4-3-5-7-16)22(30)27-19-12-17-8-10-25-13-18(17)9-11-26-23(31)21(19)29/h3-8,10,13,15,19-20H,9,11-12,14H2,1-2H3,(H,26,31)(H,27,30)(H,28,32). The molecule has 0 bridgehead atoms. The molecule has 1 aliphatic rings. The molecule has 2 atom stereocenters. The third-order valence-electron chi connectivity index (χ3n) is 5.40. The molecule has 3 N–H and O–H groups in total. The number of ether oxygens (including phenoxy) is 1. The van der Waals surface area contributed by atoms with Crippen LogP contribution in [0.1, 0.15) is 30.5 Å². The number of fused-ring (bicyclic) bond motifs is 1. The Bertz CT molecular complexity index is 1010. The Labute approximate surface area is 192 Å². The van der Waals surface area contributed by atoms with Gasteiger partial charge in [-0.05, 0) is 35.1 Å². The number of nitrogens with zero attached hydrogens (tertiary/aromatic N) is 1. The maximum Gasteiger partial charge on any atom is 0.408 e. The van der Waals surface area contributed by atoms with Gasteiger partial charge in [0.1, 0.15) is 18.7 Å². The largest absolute Gasteiger partial charge is 0.445 e. The Morgan fingerprint density at radius 1 is 1.15 bits per heavy atom. The van der Waals surface area contributed by atoms with Gasteiger partial charge >= 0.3 is 6.09 Å². The average Bonchev–Trinajstić information content (AvgIpc) is 2.86. The molecule has 0 saturated carbocycles. The molecule has 9 heteroatoms. The quantitative estimate of drug-likeness (QED) is 0.567. The van der Waals surface area contributed by atoms with Crippen molar-refractivity contribution in [2.24, 2.45) is 5.92 Å². The van der Waals surface area contributed by atoms with E-state index in [2.05, 4.69) is 20.9 Å². The van der Waals surface area contributed by atoms with Crippen LogP contribution in [0.25, 0.3) is 0 Å². The van der Waals surface area contributed by atoms with Crippen molar-refractivity contribution < 1.29 is 23.9 Å². The zero-order valence-corrected chi connectivity index (χ0v) is 18.7. The number of hydrogen-bond donors (Lipinski definition) is 3. The normalized spacial score (nSPS) is 17.0. The number of Topliss-reactive ketones (excluding diaryl/α,β-unsaturated/α-hetero) is 1. The van der Waals surface area contributed by atoms with Crippen molar-refractivity contribution in [2.75, 3.05) is 6.54 Å². The summed E-state index contributed by atoms with van der Waals surface area (Å²) in [6.07, 6.45) is 3.24. The predicted molar refractivity (Wildman–Crippen MR) is 120 cm³/mol. The van der Waals surface area contributed by atoms with E-state index in [9.17, 15) is 19.2 Å². The van der Waals surface area contributed by atoms with Crippen LogP contribution in [0.15, 0.2) is 48.8 Å². The van der Waals surface area contributed by atoms with Gasteiger partial charge < -0.3 is 20.7 Å². The Morgan fingerprint density at radius 2 is 1.91 bits per heavy atom. The number of pyridine rings is 1. The minimum atomic E-state index is -1.07. The van der Waals surface area contributed by atoms with Crippen molar-refractivity contribution in [3.63, 3.8) is 0 Å². The number of hydrogen-bond acceptors (Lipinski definition) is 6. The third kappa shape index (κ3) is 6.61. The molecule has 2 heterocycles. The number of benzene rings is 1. The molecule has 1 aromatic carbocycles. The molecule has 2 aromatic rings. The van der Waals surface area contributed by atoms with Gasteiger partial charge in [-0.3, -0.25) is 19.4 Å². The van der Waals surface area contributed by atoms with Gasteiger partial charge in [0.2, 0.25) is 11.7 Å². The highest BCUT2D eigenvalue weighted by atomic mass is 16.5. The molecule has 1 aromatic heterocycles. The van der Waals surface area contributed by atoms with E-state index < -0.39 is 35.8 Å². The highest BCUT2D eigenvalue weighted by Crippen LogP contribution is 2.14. The zero-order valence-electron chi connectivity index (χ0n) is 18.7. The molecule has 0 saturated heterocycles. The van der Waals surface area contributed by atoms with Crippen LogP contribution in [-0.4, -0.2) is 47.3 Å². The second-order valence-electron chi connectivity index (χ2n) is 8.21. The lowest BCUT2D eigenvalue weighted by atomic mass is 9.97. The Morgan fingerprint density at radius 3 is 2.64 bits per heavy atom. The van der Waals surface area contributed by atoms with Crippen molar-refractivity contribution in [3.8, 4) is 0 Å². The van der Waals surface area contributed by atoms with E-state index >= 15 is 0 Å². The molecule has 174 valence electrons. The molecule has 1 aliphatic heterocycles. The molecule has 9 nitrogen and oxygen atoms in total. The van der Waals surface area contributed by atoms with Crippen LogP contribution < -0.4 is 16.0 Å². The number of nitrogens with one attached hydrogen (secondary N) is 3. The SMILES string of the molecule is CC(C)C(NC(=O)OCc1ccccc1)C(=O)NC1Cc2ccncc2CCNC(=O)C1=O. The van der Waals surface area contributed by atoms with E-state index in [-0.39, 0.29) is 18.9 Å².